The molecule has 0 amide bonds. The van der Waals surface area contributed by atoms with Crippen LogP contribution in [-0.4, -0.2) is 40.4 Å². The van der Waals surface area contributed by atoms with E-state index in [1.807, 2.05) is 36.4 Å². The molecule has 0 bridgehead atoms. The van der Waals surface area contributed by atoms with Gasteiger partial charge in [-0.1, -0.05) is 24.0 Å². The number of hydrogen-bond donors (Lipinski definition) is 0. The Bertz CT molecular complexity index is 2170. The van der Waals surface area contributed by atoms with Crippen molar-refractivity contribution in [2.24, 2.45) is 0 Å². The number of terminal acetylenes is 2. The molecule has 254 valence electrons. The highest BCUT2D eigenvalue weighted by molar-refractivity contribution is 5.92. The van der Waals surface area contributed by atoms with Crippen LogP contribution in [0.4, 0.5) is 0 Å². The summed E-state index contributed by atoms with van der Waals surface area (Å²) >= 11 is 0. The number of methoxy groups -OCH3 is 4. The van der Waals surface area contributed by atoms with Crippen LogP contribution < -0.4 is 28.4 Å². The number of carbonyl (C=O) groups is 2. The molecule has 0 aromatic heterocycles. The molecule has 1 aliphatic carbocycles. The fraction of sp³-hybridized carbons (Fsp3) is 0.163. The molecule has 0 aliphatic heterocycles. The van der Waals surface area contributed by atoms with Crippen LogP contribution in [0.1, 0.15) is 65.2 Å². The summed E-state index contributed by atoms with van der Waals surface area (Å²) in [5, 5.41) is 0. The number of hydrogen-bond acceptors (Lipinski definition) is 8. The maximum absolute atomic E-state index is 13.3. The van der Waals surface area contributed by atoms with Crippen LogP contribution in [0.2, 0.25) is 0 Å². The van der Waals surface area contributed by atoms with Crippen LogP contribution in [0.5, 0.6) is 34.5 Å². The fourth-order valence-electron chi connectivity index (χ4n) is 6.12. The third-order valence-corrected chi connectivity index (χ3v) is 8.76. The van der Waals surface area contributed by atoms with Gasteiger partial charge in [0.25, 0.3) is 0 Å². The number of rotatable bonds is 8. The molecule has 0 N–H and O–H groups in total. The van der Waals surface area contributed by atoms with E-state index in [0.29, 0.717) is 64.5 Å². The van der Waals surface area contributed by atoms with Crippen molar-refractivity contribution in [3.8, 4) is 59.2 Å². The van der Waals surface area contributed by atoms with Gasteiger partial charge in [0, 0.05) is 11.1 Å². The third-order valence-electron chi connectivity index (χ3n) is 8.76. The maximum atomic E-state index is 13.3. The highest BCUT2D eigenvalue weighted by Crippen LogP contribution is 2.41. The molecule has 0 atom stereocenters. The zero-order valence-electron chi connectivity index (χ0n) is 28.6. The molecule has 8 nitrogen and oxygen atoms in total. The average molecular weight is 679 g/mol. The Balaban J connectivity index is 1.47. The summed E-state index contributed by atoms with van der Waals surface area (Å²) in [6, 6.07) is 24.7. The molecule has 8 heteroatoms. The summed E-state index contributed by atoms with van der Waals surface area (Å²) < 4.78 is 34.7. The van der Waals surface area contributed by atoms with Gasteiger partial charge in [0.2, 0.25) is 0 Å². The van der Waals surface area contributed by atoms with E-state index in [9.17, 15) is 9.59 Å². The van der Waals surface area contributed by atoms with Gasteiger partial charge in [-0.15, -0.1) is 12.8 Å². The average Bonchev–Trinajstić information content (AvgIpc) is 3.22. The monoisotopic (exact) mass is 678 g/mol. The molecular weight excluding hydrogens is 644 g/mol. The Kier molecular flexibility index (Phi) is 9.97. The molecule has 0 heterocycles. The van der Waals surface area contributed by atoms with Crippen molar-refractivity contribution in [2.75, 3.05) is 28.4 Å². The lowest BCUT2D eigenvalue weighted by molar-refractivity contribution is 0.0720. The smallest absolute Gasteiger partial charge is 0.343 e. The van der Waals surface area contributed by atoms with E-state index in [2.05, 4.69) is 11.8 Å². The van der Waals surface area contributed by atoms with E-state index in [1.54, 1.807) is 62.8 Å². The second-order valence-electron chi connectivity index (χ2n) is 11.8. The van der Waals surface area contributed by atoms with Gasteiger partial charge in [-0.05, 0) is 125 Å². The largest absolute Gasteiger partial charge is 0.493 e. The Hall–Kier alpha value is -6.64. The van der Waals surface area contributed by atoms with Crippen molar-refractivity contribution in [1.82, 2.24) is 0 Å². The highest BCUT2D eigenvalue weighted by atomic mass is 16.6. The zero-order chi connectivity index (χ0) is 36.1. The predicted octanol–water partition coefficient (Wildman–Crippen LogP) is 7.21. The topological polar surface area (TPSA) is 89.5 Å². The summed E-state index contributed by atoms with van der Waals surface area (Å²) in [4.78, 5) is 26.6. The fourth-order valence-corrected chi connectivity index (χ4v) is 6.12. The first-order valence-corrected chi connectivity index (χ1v) is 16.0. The van der Waals surface area contributed by atoms with E-state index in [4.69, 9.17) is 41.3 Å². The molecular formula is C43H34O8. The van der Waals surface area contributed by atoms with Crippen molar-refractivity contribution < 1.29 is 38.0 Å². The van der Waals surface area contributed by atoms with Gasteiger partial charge in [-0.3, -0.25) is 0 Å². The molecule has 6 rings (SSSR count). The Morgan fingerprint density at radius 1 is 0.471 bits per heavy atom. The first kappa shape index (κ1) is 34.2. The predicted molar refractivity (Wildman–Crippen MR) is 193 cm³/mol. The van der Waals surface area contributed by atoms with Gasteiger partial charge in [-0.2, -0.15) is 0 Å². The van der Waals surface area contributed by atoms with Crippen molar-refractivity contribution in [2.45, 2.75) is 19.3 Å². The van der Waals surface area contributed by atoms with Gasteiger partial charge in [0.05, 0.1) is 39.6 Å². The number of fused-ring (bicyclic) bond motifs is 3. The molecule has 0 saturated carbocycles. The van der Waals surface area contributed by atoms with Crippen LogP contribution in [-0.2, 0) is 19.3 Å². The standard InChI is InChI=1S/C43H34O8/c1-7-26-11-9-13-28(15-26)42(44)50-40-24-34-18-31-21-37(47-4)36(46-3)20-30(31)17-32-22-38(48-5)41(25-35(32)19-33(34)23-39(40)49-6)51-43(45)29-14-10-12-27(8-2)16-29/h1-2,9-16,20-25H,17-19H2,3-6H3. The van der Waals surface area contributed by atoms with E-state index in [0.717, 1.165) is 33.4 Å². The second-order valence-corrected chi connectivity index (χ2v) is 11.8. The summed E-state index contributed by atoms with van der Waals surface area (Å²) in [6.45, 7) is 0. The number of carbonyl (C=O) groups excluding carboxylic acids is 2. The van der Waals surface area contributed by atoms with Crippen LogP contribution in [0.15, 0.2) is 84.9 Å². The lowest BCUT2D eigenvalue weighted by atomic mass is 9.94. The van der Waals surface area contributed by atoms with E-state index in [1.165, 1.54) is 14.2 Å². The zero-order valence-corrected chi connectivity index (χ0v) is 28.6. The van der Waals surface area contributed by atoms with Crippen molar-refractivity contribution in [1.29, 1.82) is 0 Å². The van der Waals surface area contributed by atoms with Gasteiger partial charge in [0.15, 0.2) is 34.5 Å². The summed E-state index contributed by atoms with van der Waals surface area (Å²) in [5.41, 5.74) is 7.36. The summed E-state index contributed by atoms with van der Waals surface area (Å²) in [5.74, 6) is 6.39. The lowest BCUT2D eigenvalue weighted by Crippen LogP contribution is -2.11. The van der Waals surface area contributed by atoms with Crippen LogP contribution >= 0.6 is 0 Å². The van der Waals surface area contributed by atoms with Crippen molar-refractivity contribution in [3.05, 3.63) is 141 Å². The Morgan fingerprint density at radius 3 is 1.06 bits per heavy atom. The molecule has 0 spiro atoms. The SMILES string of the molecule is C#Cc1cccc(C(=O)Oc2cc3c(cc2OC)Cc2cc(OC(=O)c4cccc(C#C)c4)c(OC)cc2Cc2cc(OC)c(OC)cc2C3)c1. The summed E-state index contributed by atoms with van der Waals surface area (Å²) in [6.07, 6.45) is 12.5. The minimum Gasteiger partial charge on any atom is -0.493 e. The molecule has 0 radical (unpaired) electrons. The maximum Gasteiger partial charge on any atom is 0.343 e. The molecule has 5 aromatic rings. The van der Waals surface area contributed by atoms with Crippen LogP contribution in [0.25, 0.3) is 0 Å². The molecule has 0 fully saturated rings. The van der Waals surface area contributed by atoms with E-state index in [-0.39, 0.29) is 11.5 Å². The number of benzene rings is 5. The third kappa shape index (κ3) is 7.22. The Labute approximate surface area is 296 Å². The van der Waals surface area contributed by atoms with Gasteiger partial charge in [-0.25, -0.2) is 9.59 Å². The first-order chi connectivity index (χ1) is 24.8. The minimum absolute atomic E-state index is 0.257. The van der Waals surface area contributed by atoms with Gasteiger partial charge < -0.3 is 28.4 Å². The molecule has 0 unspecified atom stereocenters. The normalized spacial score (nSPS) is 11.4. The highest BCUT2D eigenvalue weighted by Gasteiger charge is 2.24. The van der Waals surface area contributed by atoms with E-state index < -0.39 is 11.9 Å². The summed E-state index contributed by atoms with van der Waals surface area (Å²) in [7, 11) is 6.24. The number of esters is 2. The van der Waals surface area contributed by atoms with E-state index >= 15 is 0 Å². The van der Waals surface area contributed by atoms with Gasteiger partial charge >= 0.3 is 11.9 Å². The quantitative estimate of drug-likeness (QED) is 0.0949. The Morgan fingerprint density at radius 2 is 0.765 bits per heavy atom. The second kappa shape index (κ2) is 14.9. The molecule has 1 aliphatic rings. The molecule has 51 heavy (non-hydrogen) atoms. The van der Waals surface area contributed by atoms with Crippen molar-refractivity contribution >= 4 is 11.9 Å². The van der Waals surface area contributed by atoms with Crippen molar-refractivity contribution in [3.63, 3.8) is 0 Å². The molecule has 0 saturated heterocycles. The van der Waals surface area contributed by atoms with Crippen LogP contribution in [0.3, 0.4) is 0 Å². The van der Waals surface area contributed by atoms with Crippen LogP contribution in [0, 0.1) is 24.7 Å². The first-order valence-electron chi connectivity index (χ1n) is 16.0. The minimum atomic E-state index is -0.572. The lowest BCUT2D eigenvalue weighted by Gasteiger charge is -2.18. The van der Waals surface area contributed by atoms with Gasteiger partial charge in [0.1, 0.15) is 0 Å². The molecule has 5 aromatic carbocycles. The number of ether oxygens (including phenoxy) is 6.